The van der Waals surface area contributed by atoms with Crippen LogP contribution < -0.4 is 10.6 Å². The van der Waals surface area contributed by atoms with Crippen molar-refractivity contribution in [2.75, 3.05) is 7.11 Å². The number of carbonyl (C=O) groups excluding carboxylic acids is 2. The van der Waals surface area contributed by atoms with Gasteiger partial charge in [0, 0.05) is 12.1 Å². The van der Waals surface area contributed by atoms with Crippen LogP contribution in [0.4, 0.5) is 4.79 Å². The second-order valence-electron chi connectivity index (χ2n) is 7.19. The predicted octanol–water partition coefficient (Wildman–Crippen LogP) is 2.84. The van der Waals surface area contributed by atoms with E-state index in [0.717, 1.165) is 38.0 Å². The van der Waals surface area contributed by atoms with Crippen molar-refractivity contribution >= 4 is 12.0 Å². The number of hydrogen-bond acceptors (Lipinski definition) is 3. The van der Waals surface area contributed by atoms with Crippen LogP contribution in [-0.4, -0.2) is 31.2 Å². The first-order chi connectivity index (χ1) is 10.5. The average molecular weight is 310 g/mol. The first-order valence-electron chi connectivity index (χ1n) is 8.64. The van der Waals surface area contributed by atoms with Gasteiger partial charge < -0.3 is 15.4 Å². The summed E-state index contributed by atoms with van der Waals surface area (Å²) >= 11 is 0. The lowest BCUT2D eigenvalue weighted by atomic mass is 9.80. The molecule has 0 saturated heterocycles. The van der Waals surface area contributed by atoms with Gasteiger partial charge in [-0.05, 0) is 56.8 Å². The molecule has 2 amide bonds. The lowest BCUT2D eigenvalue weighted by Crippen LogP contribution is -2.50. The quantitative estimate of drug-likeness (QED) is 0.788. The van der Waals surface area contributed by atoms with E-state index in [9.17, 15) is 9.59 Å². The molecule has 0 aromatic carbocycles. The van der Waals surface area contributed by atoms with Gasteiger partial charge in [0.05, 0.1) is 13.0 Å². The van der Waals surface area contributed by atoms with Gasteiger partial charge in [0.15, 0.2) is 0 Å². The summed E-state index contributed by atoms with van der Waals surface area (Å²) in [7, 11) is 1.44. The Morgan fingerprint density at radius 1 is 0.955 bits per heavy atom. The van der Waals surface area contributed by atoms with Gasteiger partial charge in [0.2, 0.25) is 0 Å². The second-order valence-corrected chi connectivity index (χ2v) is 7.19. The number of methoxy groups -OCH3 is 1. The number of amides is 2. The molecular formula is C17H30N2O3. The molecule has 0 aliphatic heterocycles. The van der Waals surface area contributed by atoms with Crippen molar-refractivity contribution in [1.29, 1.82) is 0 Å². The molecule has 0 unspecified atom stereocenters. The van der Waals surface area contributed by atoms with Crippen molar-refractivity contribution in [2.24, 2.45) is 17.8 Å². The minimum Gasteiger partial charge on any atom is -0.469 e. The van der Waals surface area contributed by atoms with E-state index in [1.807, 2.05) is 0 Å². The lowest BCUT2D eigenvalue weighted by molar-refractivity contribution is -0.146. The molecule has 2 aliphatic carbocycles. The molecule has 2 fully saturated rings. The highest BCUT2D eigenvalue weighted by atomic mass is 16.5. The Hall–Kier alpha value is -1.26. The Balaban J connectivity index is 1.71. The van der Waals surface area contributed by atoms with E-state index in [2.05, 4.69) is 24.5 Å². The van der Waals surface area contributed by atoms with Gasteiger partial charge in [-0.15, -0.1) is 0 Å². The summed E-state index contributed by atoms with van der Waals surface area (Å²) in [6.45, 7) is 4.51. The Labute approximate surface area is 133 Å². The molecule has 2 aliphatic rings. The molecule has 126 valence electrons. The van der Waals surface area contributed by atoms with Crippen LogP contribution in [0.3, 0.4) is 0 Å². The van der Waals surface area contributed by atoms with E-state index in [0.29, 0.717) is 12.0 Å². The fraction of sp³-hybridized carbons (Fsp3) is 0.882. The minimum atomic E-state index is -0.118. The van der Waals surface area contributed by atoms with Gasteiger partial charge in [-0.25, -0.2) is 4.79 Å². The Morgan fingerprint density at radius 2 is 1.64 bits per heavy atom. The van der Waals surface area contributed by atoms with E-state index in [4.69, 9.17) is 4.74 Å². The van der Waals surface area contributed by atoms with E-state index < -0.39 is 0 Å². The maximum Gasteiger partial charge on any atom is 0.315 e. The smallest absolute Gasteiger partial charge is 0.315 e. The summed E-state index contributed by atoms with van der Waals surface area (Å²) < 4.78 is 4.79. The molecule has 0 bridgehead atoms. The number of rotatable bonds is 3. The van der Waals surface area contributed by atoms with Gasteiger partial charge in [0.25, 0.3) is 0 Å². The first kappa shape index (κ1) is 17.1. The molecule has 2 N–H and O–H groups in total. The van der Waals surface area contributed by atoms with E-state index in [-0.39, 0.29) is 24.0 Å². The molecule has 5 nitrogen and oxygen atoms in total. The molecule has 0 aromatic heterocycles. The summed E-state index contributed by atoms with van der Waals surface area (Å²) in [5, 5.41) is 6.21. The van der Waals surface area contributed by atoms with Gasteiger partial charge >= 0.3 is 12.0 Å². The van der Waals surface area contributed by atoms with Gasteiger partial charge in [-0.2, -0.15) is 0 Å². The standard InChI is InChI=1S/C17H30N2O3/c1-11-4-9-15(12(2)10-11)19-17(21)18-14-7-5-13(6-8-14)16(20)22-3/h11-15H,4-10H2,1-3H3,(H2,18,19,21)/t11-,12-,13?,14?,15+/m0/s1. The Kier molecular flexibility index (Phi) is 6.09. The van der Waals surface area contributed by atoms with Crippen LogP contribution in [0.2, 0.25) is 0 Å². The number of esters is 1. The molecule has 3 atom stereocenters. The maximum atomic E-state index is 12.2. The van der Waals surface area contributed by atoms with Crippen LogP contribution in [-0.2, 0) is 9.53 Å². The van der Waals surface area contributed by atoms with E-state index in [1.165, 1.54) is 20.0 Å². The van der Waals surface area contributed by atoms with Crippen molar-refractivity contribution < 1.29 is 14.3 Å². The van der Waals surface area contributed by atoms with Crippen molar-refractivity contribution in [3.05, 3.63) is 0 Å². The maximum absolute atomic E-state index is 12.2. The largest absolute Gasteiger partial charge is 0.469 e. The Morgan fingerprint density at radius 3 is 2.23 bits per heavy atom. The van der Waals surface area contributed by atoms with Crippen LogP contribution in [0.5, 0.6) is 0 Å². The normalized spacial score (nSPS) is 35.5. The fourth-order valence-electron chi connectivity index (χ4n) is 3.92. The number of urea groups is 1. The number of carbonyl (C=O) groups is 2. The summed E-state index contributed by atoms with van der Waals surface area (Å²) in [5.74, 6) is 1.20. The highest BCUT2D eigenvalue weighted by molar-refractivity contribution is 5.75. The third-order valence-electron chi connectivity index (χ3n) is 5.34. The number of nitrogens with one attached hydrogen (secondary N) is 2. The van der Waals surface area contributed by atoms with Crippen LogP contribution in [0.25, 0.3) is 0 Å². The van der Waals surface area contributed by atoms with Crippen LogP contribution in [0.15, 0.2) is 0 Å². The van der Waals surface area contributed by atoms with Crippen LogP contribution >= 0.6 is 0 Å². The minimum absolute atomic E-state index is 0.00552. The average Bonchev–Trinajstić information content (AvgIpc) is 2.50. The summed E-state index contributed by atoms with van der Waals surface area (Å²) in [4.78, 5) is 23.7. The molecule has 2 saturated carbocycles. The highest BCUT2D eigenvalue weighted by Gasteiger charge is 2.29. The molecule has 0 heterocycles. The predicted molar refractivity (Wildman–Crippen MR) is 85.4 cm³/mol. The number of ether oxygens (including phenoxy) is 1. The monoisotopic (exact) mass is 310 g/mol. The van der Waals surface area contributed by atoms with E-state index in [1.54, 1.807) is 0 Å². The third-order valence-corrected chi connectivity index (χ3v) is 5.34. The van der Waals surface area contributed by atoms with Crippen molar-refractivity contribution in [1.82, 2.24) is 10.6 Å². The van der Waals surface area contributed by atoms with E-state index >= 15 is 0 Å². The van der Waals surface area contributed by atoms with Crippen LogP contribution in [0.1, 0.15) is 58.8 Å². The third kappa shape index (κ3) is 4.62. The second kappa shape index (κ2) is 7.84. The summed E-state index contributed by atoms with van der Waals surface area (Å²) in [6.07, 6.45) is 6.76. The van der Waals surface area contributed by atoms with Gasteiger partial charge in [-0.1, -0.05) is 13.8 Å². The van der Waals surface area contributed by atoms with Crippen LogP contribution in [0, 0.1) is 17.8 Å². The molecular weight excluding hydrogens is 280 g/mol. The zero-order valence-corrected chi connectivity index (χ0v) is 14.1. The molecule has 5 heteroatoms. The highest BCUT2D eigenvalue weighted by Crippen LogP contribution is 2.29. The summed E-state index contributed by atoms with van der Waals surface area (Å²) in [5.41, 5.74) is 0. The fourth-order valence-corrected chi connectivity index (χ4v) is 3.92. The van der Waals surface area contributed by atoms with Gasteiger partial charge in [-0.3, -0.25) is 4.79 Å². The first-order valence-corrected chi connectivity index (χ1v) is 8.64. The van der Waals surface area contributed by atoms with Crippen molar-refractivity contribution in [3.63, 3.8) is 0 Å². The zero-order valence-electron chi connectivity index (χ0n) is 14.1. The summed E-state index contributed by atoms with van der Waals surface area (Å²) in [6, 6.07) is 0.425. The van der Waals surface area contributed by atoms with Crippen molar-refractivity contribution in [2.45, 2.75) is 70.9 Å². The molecule has 2 rings (SSSR count). The van der Waals surface area contributed by atoms with Crippen molar-refractivity contribution in [3.8, 4) is 0 Å². The number of hydrogen-bond donors (Lipinski definition) is 2. The van der Waals surface area contributed by atoms with Gasteiger partial charge in [0.1, 0.15) is 0 Å². The Bertz CT molecular complexity index is 391. The zero-order chi connectivity index (χ0) is 16.1. The SMILES string of the molecule is COC(=O)C1CCC(NC(=O)N[C@@H]2CC[C@H](C)C[C@@H]2C)CC1. The molecule has 0 aromatic rings. The molecule has 0 spiro atoms. The molecule has 0 radical (unpaired) electrons. The molecule has 22 heavy (non-hydrogen) atoms. The topological polar surface area (TPSA) is 67.4 Å². The lowest BCUT2D eigenvalue weighted by Gasteiger charge is -2.34.